The van der Waals surface area contributed by atoms with Crippen LogP contribution in [-0.2, 0) is 0 Å². The number of hydrogen-bond acceptors (Lipinski definition) is 1. The molecule has 0 amide bonds. The van der Waals surface area contributed by atoms with E-state index >= 15 is 0 Å². The van der Waals surface area contributed by atoms with Crippen LogP contribution < -0.4 is 20.7 Å². The average molecular weight is 628 g/mol. The van der Waals surface area contributed by atoms with E-state index in [0.717, 1.165) is 33.1 Å². The summed E-state index contributed by atoms with van der Waals surface area (Å²) in [7, 11) is -2.80. The van der Waals surface area contributed by atoms with Crippen molar-refractivity contribution in [3.05, 3.63) is 193 Å². The molecule has 0 unspecified atom stereocenters. The smallest absolute Gasteiger partial charge is 0.198 e. The molecule has 0 aliphatic rings. The highest BCUT2D eigenvalue weighted by molar-refractivity contribution is 7.19. The zero-order valence-corrected chi connectivity index (χ0v) is 27.1. The van der Waals surface area contributed by atoms with E-state index in [1.165, 1.54) is 20.7 Å². The van der Waals surface area contributed by atoms with Crippen LogP contribution in [0.2, 0.25) is 0 Å². The van der Waals surface area contributed by atoms with Gasteiger partial charge in [0.1, 0.15) is 0 Å². The number of nitriles is 1. The monoisotopic (exact) mass is 627 g/mol. The van der Waals surface area contributed by atoms with Crippen LogP contribution >= 0.6 is 0 Å². The molecule has 224 valence electrons. The second kappa shape index (κ2) is 12.0. The van der Waals surface area contributed by atoms with E-state index in [1.807, 2.05) is 42.5 Å². The van der Waals surface area contributed by atoms with Gasteiger partial charge in [-0.3, -0.25) is 0 Å². The quantitative estimate of drug-likeness (QED) is 0.104. The molecule has 3 nitrogen and oxygen atoms in total. The van der Waals surface area contributed by atoms with Gasteiger partial charge in [-0.05, 0) is 50.6 Å². The van der Waals surface area contributed by atoms with E-state index in [1.54, 1.807) is 0 Å². The Morgan fingerprint density at radius 3 is 1.50 bits per heavy atom. The average Bonchev–Trinajstić information content (AvgIpc) is 3.50. The molecule has 0 radical (unpaired) electrons. The lowest BCUT2D eigenvalue weighted by molar-refractivity contribution is 1.18. The van der Waals surface area contributed by atoms with E-state index in [0.29, 0.717) is 16.8 Å². The molecule has 1 aromatic heterocycles. The molecule has 0 aliphatic carbocycles. The first-order valence-electron chi connectivity index (χ1n) is 16.0. The van der Waals surface area contributed by atoms with Gasteiger partial charge in [0.2, 0.25) is 0 Å². The first kappa shape index (κ1) is 29.0. The fourth-order valence-corrected chi connectivity index (χ4v) is 12.2. The lowest BCUT2D eigenvalue weighted by Gasteiger charge is -2.34. The van der Waals surface area contributed by atoms with Crippen molar-refractivity contribution in [2.45, 2.75) is 0 Å². The summed E-state index contributed by atoms with van der Waals surface area (Å²) in [6, 6.07) is 63.8. The molecule has 8 aromatic rings. The summed E-state index contributed by atoms with van der Waals surface area (Å²) in [6.45, 7) is 8.35. The van der Waals surface area contributed by atoms with Gasteiger partial charge in [0.25, 0.3) is 0 Å². The minimum absolute atomic E-state index is 0.453. The van der Waals surface area contributed by atoms with Gasteiger partial charge in [0.15, 0.2) is 13.8 Å². The Labute approximate surface area is 281 Å². The van der Waals surface area contributed by atoms with Crippen molar-refractivity contribution < 1.29 is 0 Å². The van der Waals surface area contributed by atoms with Gasteiger partial charge in [-0.15, -0.1) is 0 Å². The van der Waals surface area contributed by atoms with Crippen LogP contribution in [0.15, 0.2) is 176 Å². The molecular formula is C44H29N3Si. The maximum atomic E-state index is 10.7. The molecule has 8 rings (SSSR count). The molecule has 48 heavy (non-hydrogen) atoms. The Balaban J connectivity index is 1.39. The summed E-state index contributed by atoms with van der Waals surface area (Å²) in [5, 5.41) is 17.9. The molecule has 0 N–H and O–H groups in total. The largest absolute Gasteiger partial charge is 0.310 e. The number of aromatic nitrogens is 1. The molecule has 7 aromatic carbocycles. The van der Waals surface area contributed by atoms with Gasteiger partial charge in [-0.2, -0.15) is 5.26 Å². The lowest BCUT2D eigenvalue weighted by Crippen LogP contribution is -2.74. The highest BCUT2D eigenvalue weighted by Gasteiger charge is 2.41. The third kappa shape index (κ3) is 4.55. The molecule has 4 heteroatoms. The molecular weight excluding hydrogens is 599 g/mol. The topological polar surface area (TPSA) is 33.1 Å². The normalized spacial score (nSPS) is 11.3. The Morgan fingerprint density at radius 1 is 0.521 bits per heavy atom. The van der Waals surface area contributed by atoms with Crippen LogP contribution in [0.25, 0.3) is 43.5 Å². The number of fused-ring (bicyclic) bond motifs is 3. The van der Waals surface area contributed by atoms with Gasteiger partial charge in [0, 0.05) is 22.0 Å². The van der Waals surface area contributed by atoms with Crippen molar-refractivity contribution in [3.8, 4) is 22.9 Å². The second-order valence-corrected chi connectivity index (χ2v) is 15.7. The van der Waals surface area contributed by atoms with Crippen molar-refractivity contribution in [2.24, 2.45) is 0 Å². The highest BCUT2D eigenvalue weighted by Crippen LogP contribution is 2.39. The minimum Gasteiger partial charge on any atom is -0.310 e. The molecule has 0 saturated heterocycles. The third-order valence-corrected chi connectivity index (χ3v) is 14.2. The van der Waals surface area contributed by atoms with E-state index in [9.17, 15) is 5.26 Å². The molecule has 0 fully saturated rings. The fourth-order valence-electron chi connectivity index (χ4n) is 7.39. The SMILES string of the molecule is [C-]#[N+]c1cc(-n2c3ccccc3c3ccccc32)cc(C#N)c1-c1cccc([Si](c2ccccc2)(c2ccccc2)c2ccccc2)c1. The van der Waals surface area contributed by atoms with Gasteiger partial charge in [-0.1, -0.05) is 152 Å². The highest BCUT2D eigenvalue weighted by atomic mass is 28.3. The molecule has 0 spiro atoms. The molecule has 0 aliphatic heterocycles. The fraction of sp³-hybridized carbons (Fsp3) is 0. The Hall–Kier alpha value is -6.46. The minimum atomic E-state index is -2.80. The summed E-state index contributed by atoms with van der Waals surface area (Å²) < 4.78 is 2.17. The number of rotatable bonds is 6. The van der Waals surface area contributed by atoms with E-state index in [2.05, 4.69) is 149 Å². The second-order valence-electron chi connectivity index (χ2n) is 11.9. The Morgan fingerprint density at radius 2 is 1.00 bits per heavy atom. The predicted molar refractivity (Wildman–Crippen MR) is 201 cm³/mol. The van der Waals surface area contributed by atoms with Crippen molar-refractivity contribution in [1.82, 2.24) is 4.57 Å². The summed E-state index contributed by atoms with van der Waals surface area (Å²) in [6.07, 6.45) is 0. The van der Waals surface area contributed by atoms with Crippen LogP contribution in [0.1, 0.15) is 5.56 Å². The van der Waals surface area contributed by atoms with Gasteiger partial charge < -0.3 is 4.57 Å². The molecule has 0 saturated carbocycles. The molecule has 1 heterocycles. The molecule has 0 bridgehead atoms. The van der Waals surface area contributed by atoms with Crippen molar-refractivity contribution in [1.29, 1.82) is 5.26 Å². The Kier molecular flexibility index (Phi) is 7.27. The van der Waals surface area contributed by atoms with Crippen LogP contribution in [0.4, 0.5) is 5.69 Å². The van der Waals surface area contributed by atoms with Gasteiger partial charge in [0.05, 0.1) is 29.2 Å². The van der Waals surface area contributed by atoms with E-state index < -0.39 is 8.07 Å². The van der Waals surface area contributed by atoms with Crippen molar-refractivity contribution >= 4 is 56.3 Å². The molecule has 0 atom stereocenters. The van der Waals surface area contributed by atoms with Crippen molar-refractivity contribution in [2.75, 3.05) is 0 Å². The number of para-hydroxylation sites is 2. The predicted octanol–water partition coefficient (Wildman–Crippen LogP) is 8.25. The first-order chi connectivity index (χ1) is 23.7. The zero-order valence-electron chi connectivity index (χ0n) is 26.1. The van der Waals surface area contributed by atoms with E-state index in [-0.39, 0.29) is 0 Å². The standard InChI is InChI=1S/C44H29N3Si/c1-46-41-30-34(47-42-26-13-11-24-39(42)40-25-12-14-27-43(40)47)28-33(31-45)44(41)32-16-15-23-38(29-32)48(35-17-5-2-6-18-35,36-19-7-3-8-20-36)37-21-9-4-10-22-37/h2-30H. The third-order valence-electron chi connectivity index (χ3n) is 9.39. The van der Waals surface area contributed by atoms with Crippen LogP contribution in [0.3, 0.4) is 0 Å². The first-order valence-corrected chi connectivity index (χ1v) is 18.0. The number of nitrogens with zero attached hydrogens (tertiary/aromatic N) is 3. The number of benzene rings is 7. The number of hydrogen-bond donors (Lipinski definition) is 0. The van der Waals surface area contributed by atoms with Crippen LogP contribution in [-0.4, -0.2) is 12.6 Å². The van der Waals surface area contributed by atoms with Gasteiger partial charge in [-0.25, -0.2) is 4.85 Å². The summed E-state index contributed by atoms with van der Waals surface area (Å²) >= 11 is 0. The lowest BCUT2D eigenvalue weighted by atomic mass is 9.97. The summed E-state index contributed by atoms with van der Waals surface area (Å²) in [5.74, 6) is 0. The maximum absolute atomic E-state index is 10.7. The van der Waals surface area contributed by atoms with Crippen LogP contribution in [0.5, 0.6) is 0 Å². The Bertz CT molecular complexity index is 2340. The summed E-state index contributed by atoms with van der Waals surface area (Å²) in [5.41, 5.74) is 5.34. The van der Waals surface area contributed by atoms with E-state index in [4.69, 9.17) is 6.57 Å². The zero-order chi connectivity index (χ0) is 32.5. The van der Waals surface area contributed by atoms with Crippen molar-refractivity contribution in [3.63, 3.8) is 0 Å². The maximum Gasteiger partial charge on any atom is 0.198 e. The van der Waals surface area contributed by atoms with Crippen LogP contribution in [0, 0.1) is 17.9 Å². The van der Waals surface area contributed by atoms with Gasteiger partial charge >= 0.3 is 0 Å². The summed E-state index contributed by atoms with van der Waals surface area (Å²) in [4.78, 5) is 4.05.